The number of amides is 1. The largest absolute Gasteiger partial charge is 0.493 e. The lowest BCUT2D eigenvalue weighted by Crippen LogP contribution is -2.29. The van der Waals surface area contributed by atoms with Crippen LogP contribution in [0.25, 0.3) is 10.9 Å². The van der Waals surface area contributed by atoms with Crippen molar-refractivity contribution >= 4 is 34.1 Å². The third-order valence-corrected chi connectivity index (χ3v) is 5.83. The lowest BCUT2D eigenvalue weighted by molar-refractivity contribution is 0.102. The number of benzene rings is 2. The zero-order chi connectivity index (χ0) is 27.5. The Kier molecular flexibility index (Phi) is 9.61. The number of terminal acetylenes is 1. The van der Waals surface area contributed by atoms with Gasteiger partial charge in [-0.05, 0) is 36.8 Å². The average molecular weight is 527 g/mol. The van der Waals surface area contributed by atoms with Crippen molar-refractivity contribution in [2.24, 2.45) is 0 Å². The molecule has 3 N–H and O–H groups in total. The van der Waals surface area contributed by atoms with Gasteiger partial charge in [-0.2, -0.15) is 0 Å². The number of carbonyl (C=O) groups is 1. The van der Waals surface area contributed by atoms with Crippen LogP contribution in [0, 0.1) is 12.3 Å². The highest BCUT2D eigenvalue weighted by molar-refractivity contribution is 6.03. The van der Waals surface area contributed by atoms with Crippen LogP contribution in [0.1, 0.15) is 16.8 Å². The molecule has 0 aliphatic rings. The van der Waals surface area contributed by atoms with E-state index in [0.29, 0.717) is 66.1 Å². The number of rotatable bonds is 13. The van der Waals surface area contributed by atoms with E-state index in [9.17, 15) is 9.90 Å². The number of aromatic nitrogens is 3. The zero-order valence-corrected chi connectivity index (χ0v) is 21.6. The number of methoxy groups -OCH3 is 1. The molecule has 0 spiro atoms. The molecule has 1 amide bonds. The molecule has 10 nitrogen and oxygen atoms in total. The molecule has 0 bridgehead atoms. The lowest BCUT2D eigenvalue weighted by atomic mass is 10.2. The summed E-state index contributed by atoms with van der Waals surface area (Å²) >= 11 is 0. The van der Waals surface area contributed by atoms with E-state index < -0.39 is 0 Å². The quantitative estimate of drug-likeness (QED) is 0.177. The number of hydrogen-bond acceptors (Lipinski definition) is 9. The maximum absolute atomic E-state index is 12.4. The van der Waals surface area contributed by atoms with Crippen LogP contribution in [0.4, 0.5) is 17.3 Å². The second-order valence-electron chi connectivity index (χ2n) is 8.53. The average Bonchev–Trinajstić information content (AvgIpc) is 2.96. The number of hydrogen-bond donors (Lipinski definition) is 3. The Hall–Kier alpha value is -4.72. The van der Waals surface area contributed by atoms with Crippen molar-refractivity contribution in [1.82, 2.24) is 19.9 Å². The van der Waals surface area contributed by atoms with Crippen molar-refractivity contribution in [3.63, 3.8) is 0 Å². The molecule has 0 saturated carbocycles. The molecule has 0 aliphatic heterocycles. The van der Waals surface area contributed by atoms with Gasteiger partial charge in [-0.3, -0.25) is 9.69 Å². The van der Waals surface area contributed by atoms with Crippen molar-refractivity contribution in [2.45, 2.75) is 6.42 Å². The van der Waals surface area contributed by atoms with Crippen LogP contribution in [0.3, 0.4) is 0 Å². The monoisotopic (exact) mass is 526 g/mol. The van der Waals surface area contributed by atoms with Crippen molar-refractivity contribution < 1.29 is 19.4 Å². The maximum Gasteiger partial charge on any atom is 0.256 e. The Balaban J connectivity index is 1.42. The summed E-state index contributed by atoms with van der Waals surface area (Å²) in [5.41, 5.74) is 1.92. The highest BCUT2D eigenvalue weighted by Crippen LogP contribution is 2.34. The van der Waals surface area contributed by atoms with Crippen molar-refractivity contribution in [1.29, 1.82) is 0 Å². The highest BCUT2D eigenvalue weighted by atomic mass is 16.5. The van der Waals surface area contributed by atoms with E-state index in [4.69, 9.17) is 15.9 Å². The Morgan fingerprint density at radius 3 is 2.64 bits per heavy atom. The molecule has 0 fully saturated rings. The topological polar surface area (TPSA) is 122 Å². The van der Waals surface area contributed by atoms with E-state index in [1.165, 1.54) is 6.33 Å². The van der Waals surface area contributed by atoms with Gasteiger partial charge in [-0.25, -0.2) is 15.0 Å². The third kappa shape index (κ3) is 7.41. The lowest BCUT2D eigenvalue weighted by Gasteiger charge is -2.18. The molecular formula is C29H30N6O4. The first-order valence-corrected chi connectivity index (χ1v) is 12.4. The number of nitrogens with zero attached hydrogens (tertiary/aromatic N) is 4. The van der Waals surface area contributed by atoms with E-state index >= 15 is 0 Å². The molecule has 4 aromatic rings. The summed E-state index contributed by atoms with van der Waals surface area (Å²) in [6, 6.07) is 16.1. The summed E-state index contributed by atoms with van der Waals surface area (Å²) in [5.74, 6) is 4.50. The van der Waals surface area contributed by atoms with Crippen LogP contribution >= 0.6 is 0 Å². The first-order valence-electron chi connectivity index (χ1n) is 12.4. The van der Waals surface area contributed by atoms with Gasteiger partial charge in [0.25, 0.3) is 5.91 Å². The van der Waals surface area contributed by atoms with E-state index in [-0.39, 0.29) is 12.5 Å². The van der Waals surface area contributed by atoms with Crippen molar-refractivity contribution in [3.8, 4) is 23.8 Å². The molecule has 2 aromatic carbocycles. The molecule has 39 heavy (non-hydrogen) atoms. The second kappa shape index (κ2) is 13.7. The number of aliphatic hydroxyl groups is 1. The summed E-state index contributed by atoms with van der Waals surface area (Å²) in [6.07, 6.45) is 9.21. The minimum atomic E-state index is -0.231. The minimum Gasteiger partial charge on any atom is -0.493 e. The summed E-state index contributed by atoms with van der Waals surface area (Å²) in [6.45, 7) is 2.22. The number of anilines is 3. The standard InChI is InChI=1S/C29H30N6O4/c1-3-12-35(14-15-36)13-7-16-39-26-18-24-23(17-25(26)38-2)28(32-20-31-24)33-22-10-11-27(30-19-22)34-29(37)21-8-5-4-6-9-21/h1,4-6,8-11,17-20,36H,7,12-16H2,2H3,(H,30,34,37)(H,31,32,33). The number of ether oxygens (including phenoxy) is 2. The molecule has 2 heterocycles. The minimum absolute atomic E-state index is 0.0577. The van der Waals surface area contributed by atoms with Crippen LogP contribution in [-0.4, -0.2) is 70.8 Å². The summed E-state index contributed by atoms with van der Waals surface area (Å²) in [4.78, 5) is 27.5. The first kappa shape index (κ1) is 27.3. The van der Waals surface area contributed by atoms with Crippen LogP contribution in [-0.2, 0) is 0 Å². The van der Waals surface area contributed by atoms with Crippen molar-refractivity contribution in [2.75, 3.05) is 50.6 Å². The van der Waals surface area contributed by atoms with Gasteiger partial charge in [-0.1, -0.05) is 24.1 Å². The number of pyridine rings is 1. The van der Waals surface area contributed by atoms with Crippen LogP contribution in [0.15, 0.2) is 67.1 Å². The summed E-state index contributed by atoms with van der Waals surface area (Å²) in [5, 5.41) is 16.0. The van der Waals surface area contributed by atoms with E-state index in [2.05, 4.69) is 31.5 Å². The molecule has 10 heteroatoms. The predicted molar refractivity (Wildman–Crippen MR) is 150 cm³/mol. The first-order chi connectivity index (χ1) is 19.1. The molecule has 0 unspecified atom stereocenters. The maximum atomic E-state index is 12.4. The Morgan fingerprint density at radius 2 is 1.92 bits per heavy atom. The zero-order valence-electron chi connectivity index (χ0n) is 21.6. The van der Waals surface area contributed by atoms with Gasteiger partial charge in [0, 0.05) is 30.1 Å². The van der Waals surface area contributed by atoms with E-state index in [0.717, 1.165) is 11.8 Å². The predicted octanol–water partition coefficient (Wildman–Crippen LogP) is 3.73. The van der Waals surface area contributed by atoms with E-state index in [1.807, 2.05) is 35.2 Å². The molecule has 4 rings (SSSR count). The molecule has 0 saturated heterocycles. The van der Waals surface area contributed by atoms with Crippen LogP contribution in [0.2, 0.25) is 0 Å². The molecule has 200 valence electrons. The fourth-order valence-electron chi connectivity index (χ4n) is 3.90. The Labute approximate surface area is 227 Å². The van der Waals surface area contributed by atoms with Gasteiger partial charge in [-0.15, -0.1) is 6.42 Å². The molecule has 0 radical (unpaired) electrons. The molecule has 2 aromatic heterocycles. The summed E-state index contributed by atoms with van der Waals surface area (Å²) < 4.78 is 11.6. The van der Waals surface area contributed by atoms with Gasteiger partial charge in [0.2, 0.25) is 0 Å². The van der Waals surface area contributed by atoms with Gasteiger partial charge in [0.05, 0.1) is 44.3 Å². The van der Waals surface area contributed by atoms with Crippen LogP contribution < -0.4 is 20.1 Å². The number of nitrogens with one attached hydrogen (secondary N) is 2. The highest BCUT2D eigenvalue weighted by Gasteiger charge is 2.13. The normalized spacial score (nSPS) is 10.7. The van der Waals surface area contributed by atoms with Gasteiger partial charge < -0.3 is 25.2 Å². The second-order valence-corrected chi connectivity index (χ2v) is 8.53. The molecule has 0 atom stereocenters. The number of carbonyl (C=O) groups excluding carboxylic acids is 1. The van der Waals surface area contributed by atoms with Crippen LogP contribution in [0.5, 0.6) is 11.5 Å². The Morgan fingerprint density at radius 1 is 1.08 bits per heavy atom. The number of fused-ring (bicyclic) bond motifs is 1. The third-order valence-electron chi connectivity index (χ3n) is 5.83. The van der Waals surface area contributed by atoms with Crippen molar-refractivity contribution in [3.05, 3.63) is 72.7 Å². The number of aliphatic hydroxyl groups excluding tert-OH is 1. The fourth-order valence-corrected chi connectivity index (χ4v) is 3.90. The van der Waals surface area contributed by atoms with Gasteiger partial charge in [0.1, 0.15) is 18.0 Å². The summed E-state index contributed by atoms with van der Waals surface area (Å²) in [7, 11) is 1.58. The van der Waals surface area contributed by atoms with Gasteiger partial charge in [0.15, 0.2) is 11.5 Å². The molecule has 0 aliphatic carbocycles. The Bertz CT molecular complexity index is 1420. The van der Waals surface area contributed by atoms with Gasteiger partial charge >= 0.3 is 0 Å². The SMILES string of the molecule is C#CCN(CCO)CCCOc1cc2ncnc(Nc3ccc(NC(=O)c4ccccc4)nc3)c2cc1OC. The van der Waals surface area contributed by atoms with E-state index in [1.54, 1.807) is 37.6 Å². The smallest absolute Gasteiger partial charge is 0.256 e. The molecular weight excluding hydrogens is 496 g/mol. The fraction of sp³-hybridized carbons (Fsp3) is 0.241.